The Morgan fingerprint density at radius 3 is 2.59 bits per heavy atom. The maximum absolute atomic E-state index is 12.6. The van der Waals surface area contributed by atoms with Crippen LogP contribution in [0.5, 0.6) is 0 Å². The summed E-state index contributed by atoms with van der Waals surface area (Å²) in [5.74, 6) is -0.356. The van der Waals surface area contributed by atoms with Crippen LogP contribution in [-0.2, 0) is 9.53 Å². The van der Waals surface area contributed by atoms with E-state index in [0.29, 0.717) is 13.0 Å². The van der Waals surface area contributed by atoms with Gasteiger partial charge in [-0.2, -0.15) is 0 Å². The first-order chi connectivity index (χ1) is 13.6. The molecule has 8 atom stereocenters. The molecule has 2 saturated carbocycles. The number of ether oxygens (including phenoxy) is 1. The van der Waals surface area contributed by atoms with Crippen LogP contribution in [0.1, 0.15) is 85.5 Å². The zero-order valence-corrected chi connectivity index (χ0v) is 18.6. The van der Waals surface area contributed by atoms with Gasteiger partial charge in [-0.3, -0.25) is 4.79 Å². The number of aliphatic hydroxyl groups excluding tert-OH is 1. The Morgan fingerprint density at radius 2 is 1.86 bits per heavy atom. The van der Waals surface area contributed by atoms with Crippen molar-refractivity contribution in [3.63, 3.8) is 0 Å². The van der Waals surface area contributed by atoms with E-state index in [9.17, 15) is 15.0 Å². The molecular formula is C25H38O4. The van der Waals surface area contributed by atoms with Crippen LogP contribution in [0.25, 0.3) is 0 Å². The molecule has 2 bridgehead atoms. The quantitative estimate of drug-likeness (QED) is 0.595. The summed E-state index contributed by atoms with van der Waals surface area (Å²) in [6, 6.07) is 0. The van der Waals surface area contributed by atoms with E-state index in [1.165, 1.54) is 24.0 Å². The maximum Gasteiger partial charge on any atom is 0.307 e. The van der Waals surface area contributed by atoms with Crippen LogP contribution < -0.4 is 0 Å². The molecule has 8 unspecified atom stereocenters. The molecule has 0 aromatic rings. The van der Waals surface area contributed by atoms with Crippen LogP contribution in [0, 0.1) is 39.4 Å². The molecule has 4 heteroatoms. The monoisotopic (exact) mass is 402 g/mol. The van der Waals surface area contributed by atoms with Crippen molar-refractivity contribution in [3.8, 4) is 0 Å². The fourth-order valence-electron chi connectivity index (χ4n) is 9.05. The van der Waals surface area contributed by atoms with Gasteiger partial charge in [-0.05, 0) is 79.4 Å². The molecule has 0 aromatic heterocycles. The fourth-order valence-corrected chi connectivity index (χ4v) is 9.05. The van der Waals surface area contributed by atoms with Gasteiger partial charge in [0.1, 0.15) is 0 Å². The van der Waals surface area contributed by atoms with Gasteiger partial charge in [0, 0.05) is 5.41 Å². The number of allylic oxidation sites excluding steroid dienone is 1. The number of carboxylic acid groups (broad SMARTS) is 1. The molecule has 4 aliphatic carbocycles. The number of hydrogen-bond donors (Lipinski definition) is 2. The summed E-state index contributed by atoms with van der Waals surface area (Å²) in [4.78, 5) is 12.6. The van der Waals surface area contributed by atoms with Crippen molar-refractivity contribution in [2.75, 3.05) is 6.61 Å². The molecule has 0 spiro atoms. The third-order valence-corrected chi connectivity index (χ3v) is 10.6. The molecule has 5 aliphatic rings. The SMILES string of the molecule is CC1CCC2(C)C3=C(CCC2(C)C1)C12CCCC(C)(COC1O)C2C(C(=O)O)C3. The van der Waals surface area contributed by atoms with Crippen molar-refractivity contribution in [1.29, 1.82) is 0 Å². The molecule has 29 heavy (non-hydrogen) atoms. The molecule has 4 nitrogen and oxygen atoms in total. The molecule has 1 aliphatic heterocycles. The highest BCUT2D eigenvalue weighted by molar-refractivity contribution is 5.72. The Balaban J connectivity index is 1.73. The molecular weight excluding hydrogens is 364 g/mol. The first-order valence-electron chi connectivity index (χ1n) is 11.8. The van der Waals surface area contributed by atoms with E-state index in [-0.39, 0.29) is 22.2 Å². The smallest absolute Gasteiger partial charge is 0.307 e. The average molecular weight is 403 g/mol. The number of carboxylic acids is 1. The van der Waals surface area contributed by atoms with Crippen LogP contribution >= 0.6 is 0 Å². The van der Waals surface area contributed by atoms with Gasteiger partial charge in [-0.1, -0.05) is 45.3 Å². The number of aliphatic carboxylic acids is 1. The summed E-state index contributed by atoms with van der Waals surface area (Å²) in [6.07, 6.45) is 8.51. The topological polar surface area (TPSA) is 66.8 Å². The normalized spacial score (nSPS) is 54.2. The Bertz CT molecular complexity index is 773. The third-order valence-electron chi connectivity index (χ3n) is 10.6. The highest BCUT2D eigenvalue weighted by atomic mass is 16.6. The average Bonchev–Trinajstić information content (AvgIpc) is 2.65. The number of hydrogen-bond acceptors (Lipinski definition) is 3. The summed E-state index contributed by atoms with van der Waals surface area (Å²) in [5, 5.41) is 21.7. The minimum atomic E-state index is -0.858. The predicted molar refractivity (Wildman–Crippen MR) is 111 cm³/mol. The fraction of sp³-hybridized carbons (Fsp3) is 0.880. The zero-order valence-electron chi connectivity index (χ0n) is 18.6. The van der Waals surface area contributed by atoms with E-state index in [0.717, 1.165) is 44.4 Å². The molecule has 0 amide bonds. The lowest BCUT2D eigenvalue weighted by molar-refractivity contribution is -0.287. The molecule has 0 radical (unpaired) electrons. The second-order valence-corrected chi connectivity index (χ2v) is 12.0. The van der Waals surface area contributed by atoms with Crippen molar-refractivity contribution >= 4 is 5.97 Å². The minimum Gasteiger partial charge on any atom is -0.481 e. The van der Waals surface area contributed by atoms with Crippen LogP contribution in [0.3, 0.4) is 0 Å². The summed E-state index contributed by atoms with van der Waals surface area (Å²) >= 11 is 0. The molecule has 162 valence electrons. The van der Waals surface area contributed by atoms with Crippen molar-refractivity contribution in [2.24, 2.45) is 39.4 Å². The molecule has 3 fully saturated rings. The molecule has 1 saturated heterocycles. The van der Waals surface area contributed by atoms with Crippen molar-refractivity contribution in [2.45, 2.75) is 91.8 Å². The lowest BCUT2D eigenvalue weighted by atomic mass is 9.38. The van der Waals surface area contributed by atoms with Crippen LogP contribution in [0.15, 0.2) is 11.1 Å². The van der Waals surface area contributed by atoms with Gasteiger partial charge in [0.15, 0.2) is 6.29 Å². The minimum absolute atomic E-state index is 0.0146. The summed E-state index contributed by atoms with van der Waals surface area (Å²) in [6.45, 7) is 9.94. The standard InChI is InChI=1S/C25H38O4/c1-15-6-11-24(4)18-12-16(20(26)27)19-22(2)8-5-9-25(19,21(28)29-14-22)17(18)7-10-23(24,3)13-15/h15-16,19,21,28H,5-14H2,1-4H3,(H,26,27). The Morgan fingerprint density at radius 1 is 1.10 bits per heavy atom. The summed E-state index contributed by atoms with van der Waals surface area (Å²) < 4.78 is 6.02. The number of fused-ring (bicyclic) bond motifs is 2. The van der Waals surface area contributed by atoms with Gasteiger partial charge in [0.25, 0.3) is 0 Å². The first kappa shape index (κ1) is 20.1. The van der Waals surface area contributed by atoms with E-state index >= 15 is 0 Å². The molecule has 5 rings (SSSR count). The lowest BCUT2D eigenvalue weighted by Crippen LogP contribution is -2.66. The summed E-state index contributed by atoms with van der Waals surface area (Å²) in [7, 11) is 0. The summed E-state index contributed by atoms with van der Waals surface area (Å²) in [5.41, 5.74) is 2.44. The second kappa shape index (κ2) is 6.09. The molecule has 1 heterocycles. The Labute approximate surface area is 175 Å². The molecule has 0 aromatic carbocycles. The van der Waals surface area contributed by atoms with Gasteiger partial charge in [-0.25, -0.2) is 0 Å². The maximum atomic E-state index is 12.6. The van der Waals surface area contributed by atoms with E-state index in [4.69, 9.17) is 4.74 Å². The molecule has 2 N–H and O–H groups in total. The van der Waals surface area contributed by atoms with Crippen molar-refractivity contribution < 1.29 is 19.7 Å². The Hall–Kier alpha value is -0.870. The number of carbonyl (C=O) groups is 1. The third kappa shape index (κ3) is 2.36. The van der Waals surface area contributed by atoms with Gasteiger partial charge in [-0.15, -0.1) is 0 Å². The second-order valence-electron chi connectivity index (χ2n) is 12.0. The number of aliphatic hydroxyl groups is 1. The van der Waals surface area contributed by atoms with Crippen molar-refractivity contribution in [3.05, 3.63) is 11.1 Å². The van der Waals surface area contributed by atoms with E-state index in [1.54, 1.807) is 0 Å². The van der Waals surface area contributed by atoms with Gasteiger partial charge < -0.3 is 14.9 Å². The van der Waals surface area contributed by atoms with Gasteiger partial charge in [0.2, 0.25) is 0 Å². The van der Waals surface area contributed by atoms with Gasteiger partial charge >= 0.3 is 5.97 Å². The highest BCUT2D eigenvalue weighted by Crippen LogP contribution is 2.72. The van der Waals surface area contributed by atoms with E-state index < -0.39 is 23.6 Å². The Kier molecular flexibility index (Phi) is 4.22. The largest absolute Gasteiger partial charge is 0.481 e. The predicted octanol–water partition coefficient (Wildman–Crippen LogP) is 5.16. The number of rotatable bonds is 1. The highest BCUT2D eigenvalue weighted by Gasteiger charge is 2.68. The van der Waals surface area contributed by atoms with Crippen LogP contribution in [-0.4, -0.2) is 29.1 Å². The lowest BCUT2D eigenvalue weighted by Gasteiger charge is -2.67. The first-order valence-corrected chi connectivity index (χ1v) is 11.8. The van der Waals surface area contributed by atoms with Gasteiger partial charge in [0.05, 0.1) is 12.5 Å². The zero-order chi connectivity index (χ0) is 20.8. The van der Waals surface area contributed by atoms with E-state index in [2.05, 4.69) is 27.7 Å². The van der Waals surface area contributed by atoms with E-state index in [1.807, 2.05) is 0 Å². The van der Waals surface area contributed by atoms with Crippen LogP contribution in [0.4, 0.5) is 0 Å². The van der Waals surface area contributed by atoms with Crippen molar-refractivity contribution in [1.82, 2.24) is 0 Å². The van der Waals surface area contributed by atoms with Crippen LogP contribution in [0.2, 0.25) is 0 Å².